The third kappa shape index (κ3) is 5.24. The summed E-state index contributed by atoms with van der Waals surface area (Å²) in [5, 5.41) is 2.43. The minimum atomic E-state index is -0.480. The van der Waals surface area contributed by atoms with E-state index >= 15 is 0 Å². The number of hydrogen-bond donors (Lipinski definition) is 0. The maximum atomic E-state index is 13.8. The van der Waals surface area contributed by atoms with Crippen LogP contribution in [0.5, 0.6) is 5.75 Å². The van der Waals surface area contributed by atoms with Gasteiger partial charge in [-0.3, -0.25) is 19.4 Å². The largest absolute Gasteiger partial charge is 0.488 e. The average Bonchev–Trinajstić information content (AvgIpc) is 3.01. The van der Waals surface area contributed by atoms with Crippen molar-refractivity contribution in [3.8, 4) is 5.75 Å². The van der Waals surface area contributed by atoms with Crippen LogP contribution in [0, 0.1) is 6.92 Å². The van der Waals surface area contributed by atoms with Gasteiger partial charge in [0.15, 0.2) is 5.11 Å². The number of carbonyl (C=O) groups excluding carboxylic acids is 2. The molecule has 0 atom stereocenters. The van der Waals surface area contributed by atoms with Crippen molar-refractivity contribution < 1.29 is 14.3 Å². The van der Waals surface area contributed by atoms with Crippen molar-refractivity contribution >= 4 is 73.3 Å². The normalized spacial score (nSPS) is 13.6. The number of rotatable bonds is 6. The first-order valence-corrected chi connectivity index (χ1v) is 14.6. The molecule has 1 heterocycles. The van der Waals surface area contributed by atoms with Gasteiger partial charge in [-0.15, -0.1) is 0 Å². The highest BCUT2D eigenvalue weighted by atomic mass is 79.9. The number of ether oxygens (including phenoxy) is 1. The Morgan fingerprint density at radius 1 is 0.762 bits per heavy atom. The molecule has 0 unspecified atom stereocenters. The fraction of sp³-hybridized carbons (Fsp3) is 0.0571. The van der Waals surface area contributed by atoms with Crippen LogP contribution >= 0.6 is 28.1 Å². The molecule has 1 aliphatic heterocycles. The third-order valence-corrected chi connectivity index (χ3v) is 8.18. The number of thiocarbonyl (C=S) groups is 1. The number of para-hydroxylation sites is 2. The Morgan fingerprint density at radius 2 is 1.36 bits per heavy atom. The lowest BCUT2D eigenvalue weighted by Gasteiger charge is -2.36. The summed E-state index contributed by atoms with van der Waals surface area (Å²) < 4.78 is 6.94. The van der Waals surface area contributed by atoms with Crippen LogP contribution in [0.25, 0.3) is 16.8 Å². The maximum Gasteiger partial charge on any atom is 0.270 e. The summed E-state index contributed by atoms with van der Waals surface area (Å²) in [6.45, 7) is 2.48. The number of fused-ring (bicyclic) bond motifs is 1. The molecule has 0 aliphatic carbocycles. The summed E-state index contributed by atoms with van der Waals surface area (Å²) in [6.07, 6.45) is 1.60. The Morgan fingerprint density at radius 3 is 1.98 bits per heavy atom. The standard InChI is InChI=1S/C35H25BrN2O3S/c1-23-16-18-25-10-8-9-15-28(25)30(23)22-41-32-19-17-24(21-31(32)36)20-29-33(39)37(26-11-4-2-5-12-26)35(42)38(34(29)40)27-13-6-3-7-14-27/h2-21H,22H2,1H3. The van der Waals surface area contributed by atoms with Crippen molar-refractivity contribution in [2.24, 2.45) is 0 Å². The number of hydrogen-bond acceptors (Lipinski definition) is 4. The van der Waals surface area contributed by atoms with E-state index in [1.54, 1.807) is 30.3 Å². The van der Waals surface area contributed by atoms with E-state index in [1.807, 2.05) is 66.7 Å². The van der Waals surface area contributed by atoms with Gasteiger partial charge >= 0.3 is 0 Å². The molecule has 0 radical (unpaired) electrons. The van der Waals surface area contributed by atoms with Crippen LogP contribution in [0.2, 0.25) is 0 Å². The second kappa shape index (κ2) is 11.7. The molecule has 1 fully saturated rings. The highest BCUT2D eigenvalue weighted by molar-refractivity contribution is 9.10. The van der Waals surface area contributed by atoms with Crippen molar-refractivity contribution in [1.29, 1.82) is 0 Å². The van der Waals surface area contributed by atoms with Crippen molar-refractivity contribution in [2.45, 2.75) is 13.5 Å². The highest BCUT2D eigenvalue weighted by Gasteiger charge is 2.41. The summed E-state index contributed by atoms with van der Waals surface area (Å²) in [4.78, 5) is 30.3. The number of benzene rings is 5. The highest BCUT2D eigenvalue weighted by Crippen LogP contribution is 2.32. The third-order valence-electron chi connectivity index (χ3n) is 7.19. The van der Waals surface area contributed by atoms with Crippen LogP contribution in [0.3, 0.4) is 0 Å². The smallest absolute Gasteiger partial charge is 0.270 e. The molecule has 0 bridgehead atoms. The van der Waals surface area contributed by atoms with E-state index in [0.29, 0.717) is 33.8 Å². The molecular weight excluding hydrogens is 608 g/mol. The fourth-order valence-electron chi connectivity index (χ4n) is 5.02. The van der Waals surface area contributed by atoms with E-state index in [9.17, 15) is 9.59 Å². The molecule has 5 nitrogen and oxygen atoms in total. The molecule has 5 aromatic carbocycles. The SMILES string of the molecule is Cc1ccc2ccccc2c1COc1ccc(C=C2C(=O)N(c3ccccc3)C(=S)N(c3ccccc3)C2=O)cc1Br. The topological polar surface area (TPSA) is 49.9 Å². The zero-order valence-corrected chi connectivity index (χ0v) is 25.1. The molecule has 42 heavy (non-hydrogen) atoms. The quantitative estimate of drug-likeness (QED) is 0.107. The summed E-state index contributed by atoms with van der Waals surface area (Å²) in [5.74, 6) is -0.304. The van der Waals surface area contributed by atoms with Crippen LogP contribution in [0.15, 0.2) is 125 Å². The second-order valence-corrected chi connectivity index (χ2v) is 11.1. The Balaban J connectivity index is 1.32. The van der Waals surface area contributed by atoms with Crippen molar-refractivity contribution in [3.05, 3.63) is 142 Å². The Hall–Kier alpha value is -4.59. The molecule has 0 spiro atoms. The van der Waals surface area contributed by atoms with Crippen LogP contribution in [0.4, 0.5) is 11.4 Å². The number of amides is 2. The Labute approximate surface area is 257 Å². The Kier molecular flexibility index (Phi) is 7.69. The lowest BCUT2D eigenvalue weighted by molar-refractivity contribution is -0.120. The van der Waals surface area contributed by atoms with Crippen molar-refractivity contribution in [2.75, 3.05) is 9.80 Å². The molecule has 1 aliphatic rings. The lowest BCUT2D eigenvalue weighted by Crippen LogP contribution is -2.56. The predicted molar refractivity (Wildman–Crippen MR) is 176 cm³/mol. The summed E-state index contributed by atoms with van der Waals surface area (Å²) >= 11 is 9.31. The van der Waals surface area contributed by atoms with Crippen LogP contribution in [-0.2, 0) is 16.2 Å². The van der Waals surface area contributed by atoms with Gasteiger partial charge < -0.3 is 4.74 Å². The van der Waals surface area contributed by atoms with Gasteiger partial charge in [-0.2, -0.15) is 0 Å². The van der Waals surface area contributed by atoms with E-state index in [0.717, 1.165) is 21.9 Å². The van der Waals surface area contributed by atoms with Crippen molar-refractivity contribution in [3.63, 3.8) is 0 Å². The van der Waals surface area contributed by atoms with E-state index in [2.05, 4.69) is 47.1 Å². The average molecular weight is 634 g/mol. The van der Waals surface area contributed by atoms with Gasteiger partial charge in [-0.05, 0) is 99.4 Å². The maximum absolute atomic E-state index is 13.8. The molecule has 0 saturated carbocycles. The second-order valence-electron chi connectivity index (χ2n) is 9.85. The van der Waals surface area contributed by atoms with E-state index < -0.39 is 11.8 Å². The van der Waals surface area contributed by atoms with Crippen LogP contribution in [-0.4, -0.2) is 16.9 Å². The molecular formula is C35H25BrN2O3S. The van der Waals surface area contributed by atoms with Gasteiger partial charge in [-0.25, -0.2) is 0 Å². The molecule has 0 N–H and O–H groups in total. The van der Waals surface area contributed by atoms with Gasteiger partial charge in [-0.1, -0.05) is 78.9 Å². The minimum Gasteiger partial charge on any atom is -0.488 e. The molecule has 0 aromatic heterocycles. The van der Waals surface area contributed by atoms with Crippen LogP contribution in [0.1, 0.15) is 16.7 Å². The molecule has 206 valence electrons. The fourth-order valence-corrected chi connectivity index (χ4v) is 5.90. The number of nitrogens with zero attached hydrogens (tertiary/aromatic N) is 2. The zero-order valence-electron chi connectivity index (χ0n) is 22.7. The molecule has 6 rings (SSSR count). The van der Waals surface area contributed by atoms with Gasteiger partial charge in [0, 0.05) is 5.56 Å². The molecule has 2 amide bonds. The first-order valence-electron chi connectivity index (χ1n) is 13.4. The van der Waals surface area contributed by atoms with E-state index in [-0.39, 0.29) is 10.7 Å². The molecule has 5 aromatic rings. The van der Waals surface area contributed by atoms with Gasteiger partial charge in [0.05, 0.1) is 15.8 Å². The van der Waals surface area contributed by atoms with Crippen LogP contribution < -0.4 is 14.5 Å². The first-order chi connectivity index (χ1) is 20.4. The number of carbonyl (C=O) groups is 2. The first kappa shape index (κ1) is 27.6. The Bertz CT molecular complexity index is 1810. The summed E-state index contributed by atoms with van der Waals surface area (Å²) in [5.41, 5.74) is 4.12. The summed E-state index contributed by atoms with van der Waals surface area (Å²) in [7, 11) is 0. The van der Waals surface area contributed by atoms with Crippen molar-refractivity contribution in [1.82, 2.24) is 0 Å². The molecule has 7 heteroatoms. The molecule has 1 saturated heterocycles. The number of aryl methyl sites for hydroxylation is 1. The van der Waals surface area contributed by atoms with E-state index in [1.165, 1.54) is 9.80 Å². The number of anilines is 2. The summed E-state index contributed by atoms with van der Waals surface area (Å²) in [6, 6.07) is 36.2. The van der Waals surface area contributed by atoms with Gasteiger partial charge in [0.1, 0.15) is 17.9 Å². The predicted octanol–water partition coefficient (Wildman–Crippen LogP) is 8.24. The zero-order chi connectivity index (χ0) is 29.2. The van der Waals surface area contributed by atoms with Gasteiger partial charge in [0.2, 0.25) is 0 Å². The minimum absolute atomic E-state index is 0.00301. The lowest BCUT2D eigenvalue weighted by atomic mass is 10.0. The van der Waals surface area contributed by atoms with E-state index in [4.69, 9.17) is 17.0 Å². The number of halogens is 1. The monoisotopic (exact) mass is 632 g/mol. The van der Waals surface area contributed by atoms with Gasteiger partial charge in [0.25, 0.3) is 11.8 Å².